The first-order valence-corrected chi connectivity index (χ1v) is 8.19. The van der Waals surface area contributed by atoms with Gasteiger partial charge in [-0.1, -0.05) is 20.8 Å². The van der Waals surface area contributed by atoms with Gasteiger partial charge in [-0.15, -0.1) is 0 Å². The van der Waals surface area contributed by atoms with Crippen molar-refractivity contribution in [3.63, 3.8) is 0 Å². The van der Waals surface area contributed by atoms with Gasteiger partial charge in [-0.3, -0.25) is 4.90 Å². The highest BCUT2D eigenvalue weighted by molar-refractivity contribution is 4.78. The minimum absolute atomic E-state index is 0.465. The second-order valence-electron chi connectivity index (χ2n) is 6.37. The predicted molar refractivity (Wildman–Crippen MR) is 82.6 cm³/mol. The zero-order valence-corrected chi connectivity index (χ0v) is 13.5. The van der Waals surface area contributed by atoms with Crippen molar-refractivity contribution in [2.24, 2.45) is 5.92 Å². The van der Waals surface area contributed by atoms with Crippen LogP contribution in [0.3, 0.4) is 0 Å². The summed E-state index contributed by atoms with van der Waals surface area (Å²) in [6.45, 7) is 14.6. The third kappa shape index (κ3) is 7.28. The van der Waals surface area contributed by atoms with E-state index >= 15 is 0 Å². The second-order valence-corrected chi connectivity index (χ2v) is 6.37. The van der Waals surface area contributed by atoms with Gasteiger partial charge in [0.1, 0.15) is 0 Å². The van der Waals surface area contributed by atoms with Crippen LogP contribution in [0.15, 0.2) is 0 Å². The molecule has 0 aromatic carbocycles. The van der Waals surface area contributed by atoms with Crippen molar-refractivity contribution in [2.45, 2.75) is 65.5 Å². The van der Waals surface area contributed by atoms with Crippen molar-refractivity contribution in [2.75, 3.05) is 32.8 Å². The Hall–Kier alpha value is -0.120. The molecule has 2 unspecified atom stereocenters. The van der Waals surface area contributed by atoms with E-state index in [2.05, 4.69) is 37.9 Å². The predicted octanol–water partition coefficient (Wildman–Crippen LogP) is 2.90. The zero-order valence-electron chi connectivity index (χ0n) is 13.5. The summed E-state index contributed by atoms with van der Waals surface area (Å²) in [6, 6.07) is 0.625. The molecule has 2 atom stereocenters. The summed E-state index contributed by atoms with van der Waals surface area (Å²) < 4.78 is 5.91. The standard InChI is InChI=1S/C16H34N2O/c1-5-11-19-16-7-6-10-18(13-16)15(4)12-17-9-8-14(2)3/h14-17H,5-13H2,1-4H3. The van der Waals surface area contributed by atoms with E-state index in [1.54, 1.807) is 0 Å². The molecule has 0 aromatic rings. The van der Waals surface area contributed by atoms with E-state index in [-0.39, 0.29) is 0 Å². The molecule has 0 aromatic heterocycles. The van der Waals surface area contributed by atoms with E-state index in [1.807, 2.05) is 0 Å². The summed E-state index contributed by atoms with van der Waals surface area (Å²) in [6.07, 6.45) is 5.39. The van der Waals surface area contributed by atoms with Gasteiger partial charge < -0.3 is 10.1 Å². The Morgan fingerprint density at radius 1 is 1.32 bits per heavy atom. The SMILES string of the molecule is CCCOC1CCCN(C(C)CNCCC(C)C)C1. The lowest BCUT2D eigenvalue weighted by Crippen LogP contribution is -2.48. The van der Waals surface area contributed by atoms with Crippen LogP contribution in [-0.4, -0.2) is 49.8 Å². The van der Waals surface area contributed by atoms with Crippen molar-refractivity contribution >= 4 is 0 Å². The fourth-order valence-electron chi connectivity index (χ4n) is 2.62. The number of nitrogens with one attached hydrogen (secondary N) is 1. The first kappa shape index (κ1) is 16.9. The average molecular weight is 270 g/mol. The summed E-state index contributed by atoms with van der Waals surface area (Å²) in [5.74, 6) is 0.796. The summed E-state index contributed by atoms with van der Waals surface area (Å²) in [4.78, 5) is 2.59. The summed E-state index contributed by atoms with van der Waals surface area (Å²) in [5, 5.41) is 3.59. The summed E-state index contributed by atoms with van der Waals surface area (Å²) >= 11 is 0. The van der Waals surface area contributed by atoms with Gasteiger partial charge in [-0.25, -0.2) is 0 Å². The molecule has 3 nitrogen and oxygen atoms in total. The third-order valence-corrected chi connectivity index (χ3v) is 3.93. The van der Waals surface area contributed by atoms with Crippen molar-refractivity contribution in [3.8, 4) is 0 Å². The number of hydrogen-bond acceptors (Lipinski definition) is 3. The quantitative estimate of drug-likeness (QED) is 0.652. The fraction of sp³-hybridized carbons (Fsp3) is 1.00. The van der Waals surface area contributed by atoms with Crippen molar-refractivity contribution < 1.29 is 4.74 Å². The number of rotatable bonds is 9. The Bertz CT molecular complexity index is 221. The number of likely N-dealkylation sites (tertiary alicyclic amines) is 1. The lowest BCUT2D eigenvalue weighted by Gasteiger charge is -2.36. The Morgan fingerprint density at radius 2 is 2.11 bits per heavy atom. The molecule has 1 rings (SSSR count). The second kappa shape index (κ2) is 9.73. The highest BCUT2D eigenvalue weighted by Gasteiger charge is 2.23. The van der Waals surface area contributed by atoms with Crippen LogP contribution < -0.4 is 5.32 Å². The lowest BCUT2D eigenvalue weighted by atomic mass is 10.1. The molecule has 0 spiro atoms. The molecular formula is C16H34N2O. The molecule has 0 bridgehead atoms. The molecule has 1 fully saturated rings. The highest BCUT2D eigenvalue weighted by Crippen LogP contribution is 2.15. The van der Waals surface area contributed by atoms with E-state index in [0.717, 1.165) is 38.6 Å². The minimum Gasteiger partial charge on any atom is -0.377 e. The van der Waals surface area contributed by atoms with Gasteiger partial charge in [-0.05, 0) is 51.6 Å². The maximum atomic E-state index is 5.91. The Balaban J connectivity index is 2.18. The van der Waals surface area contributed by atoms with Gasteiger partial charge in [0.25, 0.3) is 0 Å². The van der Waals surface area contributed by atoms with Gasteiger partial charge >= 0.3 is 0 Å². The monoisotopic (exact) mass is 270 g/mol. The molecule has 0 aliphatic carbocycles. The van der Waals surface area contributed by atoms with Crippen molar-refractivity contribution in [3.05, 3.63) is 0 Å². The van der Waals surface area contributed by atoms with Gasteiger partial charge in [0, 0.05) is 25.7 Å². The Labute approximate surface area is 120 Å². The maximum absolute atomic E-state index is 5.91. The molecule has 3 heteroatoms. The first-order valence-electron chi connectivity index (χ1n) is 8.19. The normalized spacial score (nSPS) is 22.9. The zero-order chi connectivity index (χ0) is 14.1. The Kier molecular flexibility index (Phi) is 8.67. The fourth-order valence-corrected chi connectivity index (χ4v) is 2.62. The van der Waals surface area contributed by atoms with Crippen LogP contribution in [0.1, 0.15) is 53.4 Å². The van der Waals surface area contributed by atoms with Crippen LogP contribution in [0, 0.1) is 5.92 Å². The van der Waals surface area contributed by atoms with Crippen molar-refractivity contribution in [1.29, 1.82) is 0 Å². The van der Waals surface area contributed by atoms with E-state index in [9.17, 15) is 0 Å². The maximum Gasteiger partial charge on any atom is 0.0702 e. The molecule has 1 aliphatic heterocycles. The number of nitrogens with zero attached hydrogens (tertiary/aromatic N) is 1. The van der Waals surface area contributed by atoms with Crippen LogP contribution in [0.25, 0.3) is 0 Å². The summed E-state index contributed by atoms with van der Waals surface area (Å²) in [7, 11) is 0. The van der Waals surface area contributed by atoms with Gasteiger partial charge in [0.05, 0.1) is 6.10 Å². The number of hydrogen-bond donors (Lipinski definition) is 1. The third-order valence-electron chi connectivity index (χ3n) is 3.93. The molecular weight excluding hydrogens is 236 g/mol. The Morgan fingerprint density at radius 3 is 2.79 bits per heavy atom. The van der Waals surface area contributed by atoms with Crippen LogP contribution in [0.4, 0.5) is 0 Å². The smallest absolute Gasteiger partial charge is 0.0702 e. The lowest BCUT2D eigenvalue weighted by molar-refractivity contribution is -0.0102. The largest absolute Gasteiger partial charge is 0.377 e. The molecule has 0 saturated carbocycles. The van der Waals surface area contributed by atoms with Gasteiger partial charge in [0.2, 0.25) is 0 Å². The van der Waals surface area contributed by atoms with Crippen LogP contribution >= 0.6 is 0 Å². The molecule has 1 saturated heterocycles. The molecule has 0 amide bonds. The molecule has 0 radical (unpaired) electrons. The molecule has 1 aliphatic rings. The van der Waals surface area contributed by atoms with E-state index in [4.69, 9.17) is 4.74 Å². The van der Waals surface area contributed by atoms with Crippen LogP contribution in [0.2, 0.25) is 0 Å². The molecule has 19 heavy (non-hydrogen) atoms. The number of piperidine rings is 1. The molecule has 114 valence electrons. The summed E-state index contributed by atoms with van der Waals surface area (Å²) in [5.41, 5.74) is 0. The van der Waals surface area contributed by atoms with E-state index in [0.29, 0.717) is 12.1 Å². The van der Waals surface area contributed by atoms with Crippen LogP contribution in [-0.2, 0) is 4.74 Å². The highest BCUT2D eigenvalue weighted by atomic mass is 16.5. The van der Waals surface area contributed by atoms with E-state index in [1.165, 1.54) is 25.8 Å². The number of ether oxygens (including phenoxy) is 1. The molecule has 1 heterocycles. The minimum atomic E-state index is 0.465. The average Bonchev–Trinajstić information content (AvgIpc) is 2.41. The van der Waals surface area contributed by atoms with Crippen LogP contribution in [0.5, 0.6) is 0 Å². The first-order chi connectivity index (χ1) is 9.13. The molecule has 1 N–H and O–H groups in total. The van der Waals surface area contributed by atoms with E-state index < -0.39 is 0 Å². The topological polar surface area (TPSA) is 24.5 Å². The van der Waals surface area contributed by atoms with Gasteiger partial charge in [-0.2, -0.15) is 0 Å². The van der Waals surface area contributed by atoms with Crippen molar-refractivity contribution in [1.82, 2.24) is 10.2 Å². The van der Waals surface area contributed by atoms with Gasteiger partial charge in [0.15, 0.2) is 0 Å².